The van der Waals surface area contributed by atoms with Crippen LogP contribution in [0.5, 0.6) is 0 Å². The first kappa shape index (κ1) is 24.5. The summed E-state index contributed by atoms with van der Waals surface area (Å²) in [6.45, 7) is 4.69. The zero-order chi connectivity index (χ0) is 26.7. The highest BCUT2D eigenvalue weighted by Gasteiger charge is 2.41. The van der Waals surface area contributed by atoms with Crippen molar-refractivity contribution in [3.63, 3.8) is 0 Å². The third-order valence-electron chi connectivity index (χ3n) is 9.67. The predicted molar refractivity (Wildman–Crippen MR) is 149 cm³/mol. The molecule has 1 aromatic heterocycles. The van der Waals surface area contributed by atoms with Crippen LogP contribution < -0.4 is 10.2 Å². The quantitative estimate of drug-likeness (QED) is 0.487. The van der Waals surface area contributed by atoms with Gasteiger partial charge in [0.25, 0.3) is 5.91 Å². The van der Waals surface area contributed by atoms with E-state index in [1.165, 1.54) is 19.3 Å². The van der Waals surface area contributed by atoms with E-state index in [4.69, 9.17) is 5.10 Å². The lowest BCUT2D eigenvalue weighted by Gasteiger charge is -2.42. The Bertz CT molecular complexity index is 1470. The van der Waals surface area contributed by atoms with Gasteiger partial charge in [-0.1, -0.05) is 24.6 Å². The second-order valence-electron chi connectivity index (χ2n) is 11.8. The number of rotatable bonds is 6. The molecule has 39 heavy (non-hydrogen) atoms. The Balaban J connectivity index is 1.09. The number of nitrogens with zero attached hydrogens (tertiary/aromatic N) is 4. The number of carbonyl (C=O) groups excluding carboxylic acids is 3. The number of nitrogens with one attached hydrogen (secondary N) is 1. The van der Waals surface area contributed by atoms with Crippen molar-refractivity contribution in [2.45, 2.75) is 76.4 Å². The van der Waals surface area contributed by atoms with Gasteiger partial charge in [0.05, 0.1) is 17.9 Å². The summed E-state index contributed by atoms with van der Waals surface area (Å²) in [5, 5.41) is 9.07. The van der Waals surface area contributed by atoms with Crippen LogP contribution in [0.25, 0.3) is 10.8 Å². The molecular formula is C31H35N5O3. The fraction of sp³-hybridized carbons (Fsp3) is 0.484. The molecule has 3 aromatic rings. The van der Waals surface area contributed by atoms with Gasteiger partial charge in [0.2, 0.25) is 11.8 Å². The minimum Gasteiger partial charge on any atom is -0.300 e. The molecule has 7 rings (SSSR count). The summed E-state index contributed by atoms with van der Waals surface area (Å²) in [5.74, 6) is 0.0330. The second-order valence-corrected chi connectivity index (χ2v) is 11.8. The molecule has 2 saturated heterocycles. The van der Waals surface area contributed by atoms with Crippen molar-refractivity contribution in [2.24, 2.45) is 5.92 Å². The lowest BCUT2D eigenvalue weighted by molar-refractivity contribution is -0.134. The first-order valence-electron chi connectivity index (χ1n) is 14.5. The van der Waals surface area contributed by atoms with Crippen molar-refractivity contribution in [3.05, 3.63) is 59.4 Å². The summed E-state index contributed by atoms with van der Waals surface area (Å²) in [5.41, 5.74) is 3.67. The average Bonchev–Trinajstić information content (AvgIpc) is 3.48. The first-order valence-corrected chi connectivity index (χ1v) is 14.5. The molecule has 3 fully saturated rings. The molecule has 1 saturated carbocycles. The predicted octanol–water partition coefficient (Wildman–Crippen LogP) is 4.22. The standard InChI is InChI=1S/C31H35N5O3/c1-19(21-4-2-5-21)34-14-12-23(13-15-34)35-18-20(17-32-35)16-22-8-9-26-29-24(22)6-3-7-25(29)31(39)36(26)27-10-11-28(37)33-30(27)38/h3,6-9,17-19,21,23,27H,2,4-5,10-16H2,1H3,(H,33,37,38)/t19-,27+/m1/s1. The largest absolute Gasteiger partial charge is 0.300 e. The van der Waals surface area contributed by atoms with E-state index >= 15 is 0 Å². The van der Waals surface area contributed by atoms with Crippen LogP contribution in [0.3, 0.4) is 0 Å². The van der Waals surface area contributed by atoms with Gasteiger partial charge in [0.15, 0.2) is 0 Å². The van der Waals surface area contributed by atoms with E-state index in [1.54, 1.807) is 4.90 Å². The molecule has 3 amide bonds. The fourth-order valence-corrected chi connectivity index (χ4v) is 7.12. The number of anilines is 1. The van der Waals surface area contributed by atoms with Crippen molar-refractivity contribution < 1.29 is 14.4 Å². The monoisotopic (exact) mass is 525 g/mol. The van der Waals surface area contributed by atoms with E-state index in [9.17, 15) is 14.4 Å². The summed E-state index contributed by atoms with van der Waals surface area (Å²) < 4.78 is 2.16. The molecule has 0 bridgehead atoms. The van der Waals surface area contributed by atoms with Gasteiger partial charge in [0, 0.05) is 49.1 Å². The van der Waals surface area contributed by atoms with Gasteiger partial charge < -0.3 is 4.90 Å². The lowest BCUT2D eigenvalue weighted by atomic mass is 9.79. The molecule has 4 aliphatic rings. The Hall–Kier alpha value is -3.52. The minimum atomic E-state index is -0.669. The van der Waals surface area contributed by atoms with Crippen LogP contribution >= 0.6 is 0 Å². The maximum atomic E-state index is 13.4. The smallest absolute Gasteiger partial charge is 0.259 e. The molecule has 0 spiro atoms. The van der Waals surface area contributed by atoms with Crippen molar-refractivity contribution in [1.29, 1.82) is 0 Å². The van der Waals surface area contributed by atoms with Crippen molar-refractivity contribution in [2.75, 3.05) is 18.0 Å². The third-order valence-corrected chi connectivity index (χ3v) is 9.67. The van der Waals surface area contributed by atoms with Gasteiger partial charge in [0.1, 0.15) is 6.04 Å². The summed E-state index contributed by atoms with van der Waals surface area (Å²) in [6.07, 6.45) is 11.9. The van der Waals surface area contributed by atoms with Crippen molar-refractivity contribution in [1.82, 2.24) is 20.0 Å². The third kappa shape index (κ3) is 4.16. The van der Waals surface area contributed by atoms with Crippen molar-refractivity contribution in [3.8, 4) is 0 Å². The van der Waals surface area contributed by atoms with E-state index in [0.717, 1.165) is 65.9 Å². The summed E-state index contributed by atoms with van der Waals surface area (Å²) in [6, 6.07) is 10.3. The zero-order valence-electron chi connectivity index (χ0n) is 22.4. The highest BCUT2D eigenvalue weighted by Crippen LogP contribution is 2.41. The van der Waals surface area contributed by atoms with Gasteiger partial charge in [-0.25, -0.2) is 0 Å². The Morgan fingerprint density at radius 1 is 1.03 bits per heavy atom. The zero-order valence-corrected chi connectivity index (χ0v) is 22.4. The SMILES string of the molecule is C[C@H](C1CCC1)N1CCC(n2cc(Cc3ccc4c5c(cccc35)C(=O)N4[C@H]3CCC(=O)NC3=O)cn2)CC1. The normalized spacial score (nSPS) is 23.4. The number of hydrogen-bond acceptors (Lipinski definition) is 5. The molecular weight excluding hydrogens is 490 g/mol. The molecule has 8 nitrogen and oxygen atoms in total. The number of amides is 3. The Kier molecular flexibility index (Phi) is 6.03. The molecule has 1 aliphatic carbocycles. The molecule has 2 atom stereocenters. The molecule has 2 aromatic carbocycles. The van der Waals surface area contributed by atoms with E-state index in [1.807, 2.05) is 24.4 Å². The second kappa shape index (κ2) is 9.59. The van der Waals surface area contributed by atoms with Crippen molar-refractivity contribution >= 4 is 34.2 Å². The number of piperidine rings is 2. The first-order chi connectivity index (χ1) is 19.0. The molecule has 8 heteroatoms. The molecule has 0 radical (unpaired) electrons. The molecule has 1 N–H and O–H groups in total. The number of aromatic nitrogens is 2. The van der Waals surface area contributed by atoms with E-state index in [2.05, 4.69) is 40.2 Å². The maximum absolute atomic E-state index is 13.4. The van der Waals surface area contributed by atoms with Crippen LogP contribution in [0, 0.1) is 5.92 Å². The number of hydrogen-bond donors (Lipinski definition) is 1. The maximum Gasteiger partial charge on any atom is 0.259 e. The van der Waals surface area contributed by atoms with Crippen LogP contribution in [0.2, 0.25) is 0 Å². The topological polar surface area (TPSA) is 87.5 Å². The van der Waals surface area contributed by atoms with Gasteiger partial charge in [-0.3, -0.25) is 29.3 Å². The van der Waals surface area contributed by atoms with Gasteiger partial charge in [-0.05, 0) is 73.6 Å². The van der Waals surface area contributed by atoms with Gasteiger partial charge in [-0.15, -0.1) is 0 Å². The van der Waals surface area contributed by atoms with Gasteiger partial charge >= 0.3 is 0 Å². The van der Waals surface area contributed by atoms with Crippen LogP contribution in [0.1, 0.15) is 79.4 Å². The number of benzene rings is 2. The number of likely N-dealkylation sites (tertiary alicyclic amines) is 1. The summed E-state index contributed by atoms with van der Waals surface area (Å²) in [7, 11) is 0. The highest BCUT2D eigenvalue weighted by molar-refractivity contribution is 6.27. The van der Waals surface area contributed by atoms with Gasteiger partial charge in [-0.2, -0.15) is 5.10 Å². The van der Waals surface area contributed by atoms with Crippen LogP contribution in [-0.2, 0) is 16.0 Å². The fourth-order valence-electron chi connectivity index (χ4n) is 7.12. The lowest BCUT2D eigenvalue weighted by Crippen LogP contribution is -2.53. The average molecular weight is 526 g/mol. The molecule has 3 aliphatic heterocycles. The molecule has 202 valence electrons. The Morgan fingerprint density at radius 3 is 2.59 bits per heavy atom. The van der Waals surface area contributed by atoms with Crippen LogP contribution in [-0.4, -0.2) is 57.6 Å². The van der Waals surface area contributed by atoms with Crippen LogP contribution in [0.4, 0.5) is 5.69 Å². The van der Waals surface area contributed by atoms with E-state index < -0.39 is 11.9 Å². The Labute approximate surface area is 228 Å². The molecule has 4 heterocycles. The summed E-state index contributed by atoms with van der Waals surface area (Å²) in [4.78, 5) is 42.0. The van der Waals surface area contributed by atoms with Crippen LogP contribution in [0.15, 0.2) is 42.7 Å². The number of imide groups is 1. The molecule has 0 unspecified atom stereocenters. The highest BCUT2D eigenvalue weighted by atomic mass is 16.2. The number of carbonyl (C=O) groups is 3. The Morgan fingerprint density at radius 2 is 1.85 bits per heavy atom. The summed E-state index contributed by atoms with van der Waals surface area (Å²) >= 11 is 0. The minimum absolute atomic E-state index is 0.173. The van der Waals surface area contributed by atoms with E-state index in [-0.39, 0.29) is 18.2 Å². The van der Waals surface area contributed by atoms with E-state index in [0.29, 0.717) is 24.1 Å².